The van der Waals surface area contributed by atoms with Gasteiger partial charge in [0, 0.05) is 0 Å². The lowest BCUT2D eigenvalue weighted by atomic mass is 10.0. The molecule has 0 aliphatic rings. The third-order valence-corrected chi connectivity index (χ3v) is 1.90. The molecule has 0 saturated heterocycles. The third kappa shape index (κ3) is 1.74. The van der Waals surface area contributed by atoms with E-state index in [0.717, 1.165) is 16.7 Å². The molecule has 0 spiro atoms. The van der Waals surface area contributed by atoms with Crippen molar-refractivity contribution in [1.82, 2.24) is 0 Å². The molecule has 0 bridgehead atoms. The minimum Gasteiger partial charge on any atom is -0.392 e. The SMILES string of the molecule is C=C(C)c1cc(C)ccc1CO. The second-order valence-electron chi connectivity index (χ2n) is 3.10. The Morgan fingerprint density at radius 1 is 1.50 bits per heavy atom. The van der Waals surface area contributed by atoms with Crippen LogP contribution in [-0.4, -0.2) is 5.11 Å². The number of benzene rings is 1. The van der Waals surface area contributed by atoms with Gasteiger partial charge in [0.25, 0.3) is 0 Å². The van der Waals surface area contributed by atoms with Crippen molar-refractivity contribution in [2.45, 2.75) is 20.5 Å². The first-order valence-corrected chi connectivity index (χ1v) is 4.01. The number of hydrogen-bond acceptors (Lipinski definition) is 1. The summed E-state index contributed by atoms with van der Waals surface area (Å²) in [6.07, 6.45) is 0. The van der Waals surface area contributed by atoms with Crippen LogP contribution >= 0.6 is 0 Å². The van der Waals surface area contributed by atoms with Crippen molar-refractivity contribution < 1.29 is 5.11 Å². The number of rotatable bonds is 2. The second kappa shape index (κ2) is 3.55. The van der Waals surface area contributed by atoms with E-state index in [1.807, 2.05) is 32.0 Å². The standard InChI is InChI=1S/C11H14O/c1-8(2)11-6-9(3)4-5-10(11)7-12/h4-6,12H,1,7H2,2-3H3. The second-order valence-corrected chi connectivity index (χ2v) is 3.10. The fourth-order valence-corrected chi connectivity index (χ4v) is 1.23. The lowest BCUT2D eigenvalue weighted by molar-refractivity contribution is 0.281. The molecule has 1 nitrogen and oxygen atoms in total. The van der Waals surface area contributed by atoms with E-state index in [4.69, 9.17) is 5.11 Å². The Morgan fingerprint density at radius 3 is 2.67 bits per heavy atom. The summed E-state index contributed by atoms with van der Waals surface area (Å²) in [6, 6.07) is 5.99. The summed E-state index contributed by atoms with van der Waals surface area (Å²) in [7, 11) is 0. The number of allylic oxidation sites excluding steroid dienone is 1. The Balaban J connectivity index is 3.21. The van der Waals surface area contributed by atoms with Gasteiger partial charge in [-0.1, -0.05) is 35.9 Å². The Morgan fingerprint density at radius 2 is 2.17 bits per heavy atom. The number of aliphatic hydroxyl groups is 1. The van der Waals surface area contributed by atoms with Crippen LogP contribution in [-0.2, 0) is 6.61 Å². The average Bonchev–Trinajstić information content (AvgIpc) is 2.04. The summed E-state index contributed by atoms with van der Waals surface area (Å²) in [4.78, 5) is 0. The van der Waals surface area contributed by atoms with Gasteiger partial charge in [-0.3, -0.25) is 0 Å². The van der Waals surface area contributed by atoms with Crippen molar-refractivity contribution in [2.75, 3.05) is 0 Å². The van der Waals surface area contributed by atoms with Crippen molar-refractivity contribution >= 4 is 5.57 Å². The summed E-state index contributed by atoms with van der Waals surface area (Å²) in [5, 5.41) is 9.02. The number of aliphatic hydroxyl groups excluding tert-OH is 1. The summed E-state index contributed by atoms with van der Waals surface area (Å²) >= 11 is 0. The molecule has 1 heteroatoms. The van der Waals surface area contributed by atoms with E-state index >= 15 is 0 Å². The lowest BCUT2D eigenvalue weighted by Gasteiger charge is -2.07. The first-order valence-electron chi connectivity index (χ1n) is 4.01. The Kier molecular flexibility index (Phi) is 2.66. The van der Waals surface area contributed by atoms with Crippen molar-refractivity contribution in [2.24, 2.45) is 0 Å². The topological polar surface area (TPSA) is 20.2 Å². The van der Waals surface area contributed by atoms with Gasteiger partial charge in [0.05, 0.1) is 6.61 Å². The molecule has 0 aliphatic carbocycles. The molecule has 1 aromatic carbocycles. The largest absolute Gasteiger partial charge is 0.392 e. The fourth-order valence-electron chi connectivity index (χ4n) is 1.23. The van der Waals surface area contributed by atoms with Crippen molar-refractivity contribution in [3.8, 4) is 0 Å². The van der Waals surface area contributed by atoms with Crippen molar-refractivity contribution in [3.05, 3.63) is 41.5 Å². The van der Waals surface area contributed by atoms with E-state index in [9.17, 15) is 0 Å². The van der Waals surface area contributed by atoms with Gasteiger partial charge in [-0.2, -0.15) is 0 Å². The smallest absolute Gasteiger partial charge is 0.0687 e. The van der Waals surface area contributed by atoms with Gasteiger partial charge < -0.3 is 5.11 Å². The molecular formula is C11H14O. The van der Waals surface area contributed by atoms with Gasteiger partial charge >= 0.3 is 0 Å². The normalized spacial score (nSPS) is 9.92. The number of aryl methyl sites for hydroxylation is 1. The molecule has 0 aromatic heterocycles. The monoisotopic (exact) mass is 162 g/mol. The third-order valence-electron chi connectivity index (χ3n) is 1.90. The zero-order chi connectivity index (χ0) is 9.14. The van der Waals surface area contributed by atoms with Crippen LogP contribution < -0.4 is 0 Å². The molecule has 12 heavy (non-hydrogen) atoms. The zero-order valence-electron chi connectivity index (χ0n) is 7.59. The van der Waals surface area contributed by atoms with Gasteiger partial charge in [-0.15, -0.1) is 0 Å². The molecule has 1 N–H and O–H groups in total. The Labute approximate surface area is 73.4 Å². The average molecular weight is 162 g/mol. The van der Waals surface area contributed by atoms with Crippen molar-refractivity contribution in [3.63, 3.8) is 0 Å². The predicted octanol–water partition coefficient (Wildman–Crippen LogP) is 2.52. The quantitative estimate of drug-likeness (QED) is 0.708. The first-order chi connectivity index (χ1) is 5.65. The maximum atomic E-state index is 9.02. The molecule has 0 aliphatic heterocycles. The highest BCUT2D eigenvalue weighted by Crippen LogP contribution is 2.18. The zero-order valence-corrected chi connectivity index (χ0v) is 7.59. The van der Waals surface area contributed by atoms with E-state index in [-0.39, 0.29) is 6.61 Å². The summed E-state index contributed by atoms with van der Waals surface area (Å²) < 4.78 is 0. The van der Waals surface area contributed by atoms with Crippen LogP contribution in [0.5, 0.6) is 0 Å². The molecule has 0 radical (unpaired) electrons. The predicted molar refractivity (Wildman–Crippen MR) is 51.8 cm³/mol. The van der Waals surface area contributed by atoms with E-state index in [1.54, 1.807) is 0 Å². The highest BCUT2D eigenvalue weighted by molar-refractivity contribution is 5.65. The van der Waals surface area contributed by atoms with Crippen LogP contribution in [0.3, 0.4) is 0 Å². The highest BCUT2D eigenvalue weighted by Gasteiger charge is 2.01. The van der Waals surface area contributed by atoms with Crippen molar-refractivity contribution in [1.29, 1.82) is 0 Å². The van der Waals surface area contributed by atoms with E-state index in [1.165, 1.54) is 5.56 Å². The van der Waals surface area contributed by atoms with Crippen LogP contribution in [0.4, 0.5) is 0 Å². The Hall–Kier alpha value is -1.08. The molecular weight excluding hydrogens is 148 g/mol. The van der Waals surface area contributed by atoms with Gasteiger partial charge in [0.1, 0.15) is 0 Å². The highest BCUT2D eigenvalue weighted by atomic mass is 16.3. The van der Waals surface area contributed by atoms with Gasteiger partial charge in [-0.05, 0) is 25.0 Å². The van der Waals surface area contributed by atoms with E-state index in [0.29, 0.717) is 0 Å². The molecule has 64 valence electrons. The van der Waals surface area contributed by atoms with Crippen LogP contribution in [0, 0.1) is 6.92 Å². The number of hydrogen-bond donors (Lipinski definition) is 1. The van der Waals surface area contributed by atoms with Crippen LogP contribution in [0.15, 0.2) is 24.8 Å². The van der Waals surface area contributed by atoms with Crippen LogP contribution in [0.1, 0.15) is 23.6 Å². The summed E-state index contributed by atoms with van der Waals surface area (Å²) in [6.45, 7) is 7.94. The molecule has 0 amide bonds. The molecule has 1 rings (SSSR count). The fraction of sp³-hybridized carbons (Fsp3) is 0.273. The summed E-state index contributed by atoms with van der Waals surface area (Å²) in [5.41, 5.74) is 4.22. The molecule has 0 unspecified atom stereocenters. The Bertz CT molecular complexity index is 300. The van der Waals surface area contributed by atoms with Gasteiger partial charge in [0.15, 0.2) is 0 Å². The molecule has 0 atom stereocenters. The lowest BCUT2D eigenvalue weighted by Crippen LogP contribution is -1.91. The maximum absolute atomic E-state index is 9.02. The molecule has 0 heterocycles. The minimum atomic E-state index is 0.0858. The van der Waals surface area contributed by atoms with Gasteiger partial charge in [-0.25, -0.2) is 0 Å². The van der Waals surface area contributed by atoms with Gasteiger partial charge in [0.2, 0.25) is 0 Å². The summed E-state index contributed by atoms with van der Waals surface area (Å²) in [5.74, 6) is 0. The minimum absolute atomic E-state index is 0.0858. The van der Waals surface area contributed by atoms with E-state index < -0.39 is 0 Å². The van der Waals surface area contributed by atoms with Crippen LogP contribution in [0.25, 0.3) is 5.57 Å². The van der Waals surface area contributed by atoms with E-state index in [2.05, 4.69) is 6.58 Å². The molecule has 0 saturated carbocycles. The molecule has 1 aromatic rings. The maximum Gasteiger partial charge on any atom is 0.0687 e. The first kappa shape index (κ1) is 9.01. The van der Waals surface area contributed by atoms with Crippen LogP contribution in [0.2, 0.25) is 0 Å². The molecule has 0 fully saturated rings.